The maximum absolute atomic E-state index is 11.1. The Balaban J connectivity index is 1.93. The summed E-state index contributed by atoms with van der Waals surface area (Å²) in [5, 5.41) is 3.64. The number of nitrogens with one attached hydrogen (secondary N) is 1. The number of esters is 1. The van der Waals surface area contributed by atoms with Crippen molar-refractivity contribution in [2.24, 2.45) is 0 Å². The first-order chi connectivity index (χ1) is 9.74. The van der Waals surface area contributed by atoms with Crippen LogP contribution in [0.3, 0.4) is 0 Å². The van der Waals surface area contributed by atoms with Gasteiger partial charge in [0.2, 0.25) is 0 Å². The SMILES string of the molecule is CCCNC1CCCc2cn(CCCC(=O)OC)cc21. The van der Waals surface area contributed by atoms with Crippen LogP contribution in [0.5, 0.6) is 0 Å². The van der Waals surface area contributed by atoms with E-state index in [0.717, 1.165) is 19.5 Å². The minimum Gasteiger partial charge on any atom is -0.469 e. The summed E-state index contributed by atoms with van der Waals surface area (Å²) in [5.74, 6) is -0.121. The van der Waals surface area contributed by atoms with Crippen molar-refractivity contribution in [2.75, 3.05) is 13.7 Å². The lowest BCUT2D eigenvalue weighted by Crippen LogP contribution is -2.24. The second-order valence-electron chi connectivity index (χ2n) is 5.56. The van der Waals surface area contributed by atoms with E-state index in [1.807, 2.05) is 0 Å². The van der Waals surface area contributed by atoms with E-state index < -0.39 is 0 Å². The van der Waals surface area contributed by atoms with Crippen LogP contribution in [0.1, 0.15) is 56.2 Å². The maximum atomic E-state index is 11.1. The summed E-state index contributed by atoms with van der Waals surface area (Å²) in [5.41, 5.74) is 2.94. The van der Waals surface area contributed by atoms with E-state index in [9.17, 15) is 4.79 Å². The standard InChI is InChI=1S/C16H26N2O2/c1-3-9-17-15-7-4-6-13-11-18(12-14(13)15)10-5-8-16(19)20-2/h11-12,15,17H,3-10H2,1-2H3. The number of ether oxygens (including phenoxy) is 1. The number of methoxy groups -OCH3 is 1. The topological polar surface area (TPSA) is 43.3 Å². The van der Waals surface area contributed by atoms with E-state index in [0.29, 0.717) is 12.5 Å². The van der Waals surface area contributed by atoms with Crippen LogP contribution in [0.25, 0.3) is 0 Å². The lowest BCUT2D eigenvalue weighted by Gasteiger charge is -2.23. The van der Waals surface area contributed by atoms with E-state index >= 15 is 0 Å². The van der Waals surface area contributed by atoms with Gasteiger partial charge in [0.25, 0.3) is 0 Å². The van der Waals surface area contributed by atoms with Crippen molar-refractivity contribution in [3.8, 4) is 0 Å². The second kappa shape index (κ2) is 7.48. The molecule has 1 N–H and O–H groups in total. The van der Waals surface area contributed by atoms with E-state index in [1.165, 1.54) is 43.9 Å². The Kier molecular flexibility index (Phi) is 5.65. The first kappa shape index (κ1) is 15.1. The molecule has 1 unspecified atom stereocenters. The highest BCUT2D eigenvalue weighted by Crippen LogP contribution is 2.30. The van der Waals surface area contributed by atoms with Crippen molar-refractivity contribution in [1.82, 2.24) is 9.88 Å². The molecule has 1 heterocycles. The Morgan fingerprint density at radius 1 is 1.50 bits per heavy atom. The third-order valence-corrected chi connectivity index (χ3v) is 3.98. The van der Waals surface area contributed by atoms with E-state index in [-0.39, 0.29) is 5.97 Å². The van der Waals surface area contributed by atoms with Gasteiger partial charge in [-0.15, -0.1) is 0 Å². The van der Waals surface area contributed by atoms with Gasteiger partial charge in [-0.3, -0.25) is 4.79 Å². The fourth-order valence-corrected chi connectivity index (χ4v) is 2.92. The lowest BCUT2D eigenvalue weighted by atomic mass is 9.91. The van der Waals surface area contributed by atoms with Crippen LogP contribution in [0.4, 0.5) is 0 Å². The van der Waals surface area contributed by atoms with Crippen molar-refractivity contribution < 1.29 is 9.53 Å². The molecular formula is C16H26N2O2. The predicted molar refractivity (Wildman–Crippen MR) is 79.7 cm³/mol. The average molecular weight is 278 g/mol. The molecule has 2 rings (SSSR count). The maximum Gasteiger partial charge on any atom is 0.305 e. The van der Waals surface area contributed by atoms with Crippen molar-refractivity contribution in [3.63, 3.8) is 0 Å². The molecule has 0 saturated heterocycles. The summed E-state index contributed by atoms with van der Waals surface area (Å²) in [6.45, 7) is 4.18. The predicted octanol–water partition coefficient (Wildman–Crippen LogP) is 2.82. The molecule has 0 fully saturated rings. The van der Waals surface area contributed by atoms with Crippen molar-refractivity contribution in [3.05, 3.63) is 23.5 Å². The average Bonchev–Trinajstić information content (AvgIpc) is 2.88. The molecule has 0 bridgehead atoms. The smallest absolute Gasteiger partial charge is 0.305 e. The molecule has 20 heavy (non-hydrogen) atoms. The number of carbonyl (C=O) groups excluding carboxylic acids is 1. The number of fused-ring (bicyclic) bond motifs is 1. The summed E-state index contributed by atoms with van der Waals surface area (Å²) in [6.07, 6.45) is 10.7. The summed E-state index contributed by atoms with van der Waals surface area (Å²) >= 11 is 0. The molecule has 0 aliphatic heterocycles. The minimum atomic E-state index is -0.121. The molecule has 0 aromatic carbocycles. The molecule has 0 spiro atoms. The molecular weight excluding hydrogens is 252 g/mol. The van der Waals surface area contributed by atoms with Gasteiger partial charge < -0.3 is 14.6 Å². The summed E-state index contributed by atoms with van der Waals surface area (Å²) in [7, 11) is 1.45. The Hall–Kier alpha value is -1.29. The molecule has 1 aromatic heterocycles. The van der Waals surface area contributed by atoms with Gasteiger partial charge in [-0.25, -0.2) is 0 Å². The van der Waals surface area contributed by atoms with Gasteiger partial charge in [0.15, 0.2) is 0 Å². The van der Waals surface area contributed by atoms with Crippen molar-refractivity contribution >= 4 is 5.97 Å². The monoisotopic (exact) mass is 278 g/mol. The zero-order chi connectivity index (χ0) is 14.4. The summed E-state index contributed by atoms with van der Waals surface area (Å²) in [4.78, 5) is 11.1. The van der Waals surface area contributed by atoms with Crippen LogP contribution in [0.2, 0.25) is 0 Å². The normalized spacial score (nSPS) is 17.8. The van der Waals surface area contributed by atoms with Crippen LogP contribution in [0, 0.1) is 0 Å². The zero-order valence-corrected chi connectivity index (χ0v) is 12.7. The van der Waals surface area contributed by atoms with Crippen LogP contribution in [0.15, 0.2) is 12.4 Å². The molecule has 4 nitrogen and oxygen atoms in total. The number of aromatic nitrogens is 1. The van der Waals surface area contributed by atoms with Crippen LogP contribution < -0.4 is 5.32 Å². The van der Waals surface area contributed by atoms with Gasteiger partial charge in [0.1, 0.15) is 0 Å². The Labute approximate surface area is 121 Å². The number of rotatable bonds is 7. The molecule has 0 saturated carbocycles. The second-order valence-corrected chi connectivity index (χ2v) is 5.56. The van der Waals surface area contributed by atoms with Gasteiger partial charge in [-0.1, -0.05) is 6.92 Å². The number of hydrogen-bond donors (Lipinski definition) is 1. The van der Waals surface area contributed by atoms with Crippen molar-refractivity contribution in [1.29, 1.82) is 0 Å². The number of hydrogen-bond acceptors (Lipinski definition) is 3. The van der Waals surface area contributed by atoms with Gasteiger partial charge in [-0.2, -0.15) is 0 Å². The van der Waals surface area contributed by atoms with E-state index in [4.69, 9.17) is 0 Å². The first-order valence-electron chi connectivity index (χ1n) is 7.73. The van der Waals surface area contributed by atoms with E-state index in [1.54, 1.807) is 0 Å². The molecule has 1 aliphatic rings. The highest BCUT2D eigenvalue weighted by atomic mass is 16.5. The molecule has 1 aromatic rings. The van der Waals surface area contributed by atoms with Gasteiger partial charge in [0.05, 0.1) is 7.11 Å². The zero-order valence-electron chi connectivity index (χ0n) is 12.7. The lowest BCUT2D eigenvalue weighted by molar-refractivity contribution is -0.140. The minimum absolute atomic E-state index is 0.121. The summed E-state index contributed by atoms with van der Waals surface area (Å²) in [6, 6.07) is 0.514. The molecule has 1 aliphatic carbocycles. The molecule has 0 radical (unpaired) electrons. The Morgan fingerprint density at radius 3 is 3.10 bits per heavy atom. The quantitative estimate of drug-likeness (QED) is 0.780. The highest BCUT2D eigenvalue weighted by Gasteiger charge is 2.21. The third-order valence-electron chi connectivity index (χ3n) is 3.98. The fourth-order valence-electron chi connectivity index (χ4n) is 2.92. The van der Waals surface area contributed by atoms with Gasteiger partial charge >= 0.3 is 5.97 Å². The molecule has 1 atom stereocenters. The Morgan fingerprint density at radius 2 is 2.35 bits per heavy atom. The largest absolute Gasteiger partial charge is 0.469 e. The van der Waals surface area contributed by atoms with Crippen LogP contribution in [-0.2, 0) is 22.5 Å². The van der Waals surface area contributed by atoms with Gasteiger partial charge in [-0.05, 0) is 49.8 Å². The van der Waals surface area contributed by atoms with Crippen molar-refractivity contribution in [2.45, 2.75) is 58.0 Å². The van der Waals surface area contributed by atoms with Gasteiger partial charge in [0, 0.05) is 31.4 Å². The molecule has 0 amide bonds. The summed E-state index contributed by atoms with van der Waals surface area (Å²) < 4.78 is 6.91. The molecule has 112 valence electrons. The van der Waals surface area contributed by atoms with Crippen LogP contribution in [-0.4, -0.2) is 24.2 Å². The number of carbonyl (C=O) groups is 1. The Bertz CT molecular complexity index is 440. The third kappa shape index (κ3) is 3.85. The fraction of sp³-hybridized carbons (Fsp3) is 0.688. The van der Waals surface area contributed by atoms with E-state index in [2.05, 4.69) is 33.9 Å². The molecule has 4 heteroatoms. The van der Waals surface area contributed by atoms with Crippen LogP contribution >= 0.6 is 0 Å². The highest BCUT2D eigenvalue weighted by molar-refractivity contribution is 5.68. The number of nitrogens with zero attached hydrogens (tertiary/aromatic N) is 1. The number of aryl methyl sites for hydroxylation is 2. The first-order valence-corrected chi connectivity index (χ1v) is 7.73.